The first kappa shape index (κ1) is 14.4. The van der Waals surface area contributed by atoms with E-state index in [-0.39, 0.29) is 18.4 Å². The Morgan fingerprint density at radius 1 is 1.53 bits per heavy atom. The summed E-state index contributed by atoms with van der Waals surface area (Å²) in [6.07, 6.45) is 2.65. The van der Waals surface area contributed by atoms with Crippen LogP contribution in [0.2, 0.25) is 0 Å². The van der Waals surface area contributed by atoms with E-state index in [2.05, 4.69) is 5.32 Å². The van der Waals surface area contributed by atoms with Crippen molar-refractivity contribution in [1.82, 2.24) is 9.62 Å². The Hall–Kier alpha value is -0.660. The minimum absolute atomic E-state index is 0.0876. The standard InChI is InChI=1S/C10H20N2O4S/c1-16-7-5-11-10(13)9-4-3-6-12(8-9)17(2,14)15/h9H,3-8H2,1-2H3,(H,11,13)/t9-/m0/s1. The highest BCUT2D eigenvalue weighted by atomic mass is 32.2. The van der Waals surface area contributed by atoms with E-state index in [1.54, 1.807) is 7.11 Å². The molecule has 0 unspecified atom stereocenters. The van der Waals surface area contributed by atoms with Gasteiger partial charge in [0.1, 0.15) is 0 Å². The molecular formula is C10H20N2O4S. The van der Waals surface area contributed by atoms with Crippen LogP contribution in [0.25, 0.3) is 0 Å². The number of sulfonamides is 1. The molecule has 1 N–H and O–H groups in total. The van der Waals surface area contributed by atoms with Crippen molar-refractivity contribution in [2.45, 2.75) is 12.8 Å². The Balaban J connectivity index is 2.46. The molecule has 1 aliphatic heterocycles. The van der Waals surface area contributed by atoms with Crippen LogP contribution in [0.15, 0.2) is 0 Å². The topological polar surface area (TPSA) is 75.7 Å². The molecule has 1 aliphatic rings. The summed E-state index contributed by atoms with van der Waals surface area (Å²) >= 11 is 0. The van der Waals surface area contributed by atoms with Crippen molar-refractivity contribution in [3.63, 3.8) is 0 Å². The van der Waals surface area contributed by atoms with Crippen LogP contribution < -0.4 is 5.32 Å². The SMILES string of the molecule is COCCNC(=O)[C@H]1CCCN(S(C)(=O)=O)C1. The highest BCUT2D eigenvalue weighted by molar-refractivity contribution is 7.88. The summed E-state index contributed by atoms with van der Waals surface area (Å²) in [4.78, 5) is 11.8. The number of hydrogen-bond donors (Lipinski definition) is 1. The van der Waals surface area contributed by atoms with Gasteiger partial charge in [-0.25, -0.2) is 12.7 Å². The van der Waals surface area contributed by atoms with Crippen LogP contribution in [0.5, 0.6) is 0 Å². The normalized spacial score (nSPS) is 22.4. The van der Waals surface area contributed by atoms with E-state index in [9.17, 15) is 13.2 Å². The van der Waals surface area contributed by atoms with E-state index in [0.29, 0.717) is 19.7 Å². The Morgan fingerprint density at radius 3 is 2.82 bits per heavy atom. The lowest BCUT2D eigenvalue weighted by molar-refractivity contribution is -0.126. The predicted octanol–water partition coefficient (Wildman–Crippen LogP) is -0.579. The fraction of sp³-hybridized carbons (Fsp3) is 0.900. The third kappa shape index (κ3) is 4.61. The largest absolute Gasteiger partial charge is 0.383 e. The van der Waals surface area contributed by atoms with E-state index in [1.807, 2.05) is 0 Å². The van der Waals surface area contributed by atoms with Gasteiger partial charge in [0.15, 0.2) is 0 Å². The van der Waals surface area contributed by atoms with Gasteiger partial charge >= 0.3 is 0 Å². The van der Waals surface area contributed by atoms with Crippen molar-refractivity contribution in [3.8, 4) is 0 Å². The molecule has 1 amide bonds. The van der Waals surface area contributed by atoms with Gasteiger partial charge in [-0.3, -0.25) is 4.79 Å². The molecule has 1 fully saturated rings. The Kier molecular flexibility index (Phi) is 5.35. The summed E-state index contributed by atoms with van der Waals surface area (Å²) in [6.45, 7) is 1.73. The van der Waals surface area contributed by atoms with Crippen molar-refractivity contribution < 1.29 is 17.9 Å². The molecule has 0 aromatic heterocycles. The molecule has 7 heteroatoms. The molecule has 0 radical (unpaired) electrons. The third-order valence-corrected chi connectivity index (χ3v) is 4.10. The fourth-order valence-electron chi connectivity index (χ4n) is 1.88. The van der Waals surface area contributed by atoms with Crippen LogP contribution in [0.4, 0.5) is 0 Å². The van der Waals surface area contributed by atoms with Crippen LogP contribution in [-0.2, 0) is 19.6 Å². The molecule has 0 spiro atoms. The summed E-state index contributed by atoms with van der Waals surface area (Å²) in [5, 5.41) is 2.74. The van der Waals surface area contributed by atoms with Crippen molar-refractivity contribution in [1.29, 1.82) is 0 Å². The van der Waals surface area contributed by atoms with E-state index >= 15 is 0 Å². The van der Waals surface area contributed by atoms with Gasteiger partial charge in [-0.1, -0.05) is 0 Å². The first-order valence-electron chi connectivity index (χ1n) is 5.67. The van der Waals surface area contributed by atoms with Crippen molar-refractivity contribution >= 4 is 15.9 Å². The van der Waals surface area contributed by atoms with Gasteiger partial charge in [-0.2, -0.15) is 0 Å². The molecule has 1 heterocycles. The summed E-state index contributed by atoms with van der Waals surface area (Å²) in [6, 6.07) is 0. The molecule has 0 aromatic carbocycles. The second kappa shape index (κ2) is 6.32. The van der Waals surface area contributed by atoms with Crippen molar-refractivity contribution in [2.75, 3.05) is 39.6 Å². The molecule has 1 rings (SSSR count). The molecule has 0 aliphatic carbocycles. The summed E-state index contributed by atoms with van der Waals surface area (Å²) in [7, 11) is -1.62. The van der Waals surface area contributed by atoms with Gasteiger partial charge < -0.3 is 10.1 Å². The molecule has 1 saturated heterocycles. The number of methoxy groups -OCH3 is 1. The Labute approximate surface area is 102 Å². The van der Waals surface area contributed by atoms with Crippen molar-refractivity contribution in [2.24, 2.45) is 5.92 Å². The van der Waals surface area contributed by atoms with E-state index in [0.717, 1.165) is 12.8 Å². The third-order valence-electron chi connectivity index (χ3n) is 2.83. The van der Waals surface area contributed by atoms with Gasteiger partial charge in [0, 0.05) is 26.7 Å². The fourth-order valence-corrected chi connectivity index (χ4v) is 2.79. The molecule has 0 bridgehead atoms. The second-order valence-electron chi connectivity index (χ2n) is 4.24. The lowest BCUT2D eigenvalue weighted by Gasteiger charge is -2.30. The Bertz CT molecular complexity index is 355. The smallest absolute Gasteiger partial charge is 0.224 e. The molecule has 6 nitrogen and oxygen atoms in total. The second-order valence-corrected chi connectivity index (χ2v) is 6.23. The van der Waals surface area contributed by atoms with Crippen LogP contribution in [0.1, 0.15) is 12.8 Å². The van der Waals surface area contributed by atoms with Crippen LogP contribution in [0, 0.1) is 5.92 Å². The zero-order valence-electron chi connectivity index (χ0n) is 10.3. The minimum atomic E-state index is -3.19. The monoisotopic (exact) mass is 264 g/mol. The number of nitrogens with one attached hydrogen (secondary N) is 1. The van der Waals surface area contributed by atoms with E-state index in [1.165, 1.54) is 10.6 Å². The highest BCUT2D eigenvalue weighted by Crippen LogP contribution is 2.18. The van der Waals surface area contributed by atoms with Gasteiger partial charge in [0.05, 0.1) is 18.8 Å². The van der Waals surface area contributed by atoms with Gasteiger partial charge in [0.25, 0.3) is 0 Å². The quantitative estimate of drug-likeness (QED) is 0.674. The first-order valence-corrected chi connectivity index (χ1v) is 7.51. The maximum atomic E-state index is 11.8. The van der Waals surface area contributed by atoms with Crippen molar-refractivity contribution in [3.05, 3.63) is 0 Å². The lowest BCUT2D eigenvalue weighted by atomic mass is 9.99. The molecular weight excluding hydrogens is 244 g/mol. The number of rotatable bonds is 5. The molecule has 100 valence electrons. The first-order chi connectivity index (χ1) is 7.95. The highest BCUT2D eigenvalue weighted by Gasteiger charge is 2.29. The van der Waals surface area contributed by atoms with Gasteiger partial charge in [0.2, 0.25) is 15.9 Å². The maximum absolute atomic E-state index is 11.8. The Morgan fingerprint density at radius 2 is 2.24 bits per heavy atom. The van der Waals surface area contributed by atoms with Crippen LogP contribution in [-0.4, -0.2) is 58.2 Å². The number of carbonyl (C=O) groups is 1. The summed E-state index contributed by atoms with van der Waals surface area (Å²) in [5.41, 5.74) is 0. The van der Waals surface area contributed by atoms with Gasteiger partial charge in [-0.05, 0) is 12.8 Å². The average Bonchev–Trinajstić information content (AvgIpc) is 2.28. The number of piperidine rings is 1. The minimum Gasteiger partial charge on any atom is -0.383 e. The molecule has 0 saturated carbocycles. The molecule has 1 atom stereocenters. The summed E-state index contributed by atoms with van der Waals surface area (Å²) < 4.78 is 29.0. The summed E-state index contributed by atoms with van der Waals surface area (Å²) in [5.74, 6) is -0.328. The predicted molar refractivity (Wildman–Crippen MR) is 64.0 cm³/mol. The number of carbonyl (C=O) groups excluding carboxylic acids is 1. The molecule has 0 aromatic rings. The van der Waals surface area contributed by atoms with Crippen LogP contribution >= 0.6 is 0 Å². The number of nitrogens with zero attached hydrogens (tertiary/aromatic N) is 1. The zero-order chi connectivity index (χ0) is 12.9. The molecule has 17 heavy (non-hydrogen) atoms. The maximum Gasteiger partial charge on any atom is 0.224 e. The lowest BCUT2D eigenvalue weighted by Crippen LogP contribution is -2.45. The van der Waals surface area contributed by atoms with E-state index < -0.39 is 10.0 Å². The average molecular weight is 264 g/mol. The van der Waals surface area contributed by atoms with Crippen LogP contribution in [0.3, 0.4) is 0 Å². The number of ether oxygens (including phenoxy) is 1. The van der Waals surface area contributed by atoms with E-state index in [4.69, 9.17) is 4.74 Å². The number of amides is 1. The van der Waals surface area contributed by atoms with Gasteiger partial charge in [-0.15, -0.1) is 0 Å². The zero-order valence-corrected chi connectivity index (χ0v) is 11.1. The number of hydrogen-bond acceptors (Lipinski definition) is 4.